The first-order valence-electron chi connectivity index (χ1n) is 6.44. The molecule has 0 spiro atoms. The van der Waals surface area contributed by atoms with E-state index in [1.165, 1.54) is 12.1 Å². The minimum Gasteiger partial charge on any atom is -0.325 e. The quantitative estimate of drug-likeness (QED) is 0.844. The molecule has 0 saturated carbocycles. The first kappa shape index (κ1) is 13.7. The highest BCUT2D eigenvalue weighted by atomic mass is 19.1. The monoisotopic (exact) mass is 264 g/mol. The lowest BCUT2D eigenvalue weighted by Gasteiger charge is -2.31. The Labute approximate surface area is 111 Å². The van der Waals surface area contributed by atoms with Crippen LogP contribution in [-0.2, 0) is 9.59 Å². The fourth-order valence-corrected chi connectivity index (χ4v) is 2.32. The van der Waals surface area contributed by atoms with Gasteiger partial charge in [0.05, 0.1) is 12.6 Å². The van der Waals surface area contributed by atoms with Crippen LogP contribution in [0.25, 0.3) is 0 Å². The van der Waals surface area contributed by atoms with Crippen LogP contribution in [0.2, 0.25) is 0 Å². The third kappa shape index (κ3) is 3.86. The van der Waals surface area contributed by atoms with Crippen molar-refractivity contribution in [1.82, 2.24) is 4.90 Å². The summed E-state index contributed by atoms with van der Waals surface area (Å²) in [6, 6.07) is 5.59. The predicted molar refractivity (Wildman–Crippen MR) is 70.3 cm³/mol. The zero-order valence-corrected chi connectivity index (χ0v) is 10.6. The van der Waals surface area contributed by atoms with Gasteiger partial charge in [-0.15, -0.1) is 0 Å². The maximum atomic E-state index is 13.0. The third-order valence-electron chi connectivity index (χ3n) is 3.28. The number of hydrogen-bond acceptors (Lipinski definition) is 3. The maximum Gasteiger partial charge on any atom is 0.238 e. The summed E-state index contributed by atoms with van der Waals surface area (Å²) < 4.78 is 13.0. The van der Waals surface area contributed by atoms with Crippen LogP contribution in [0.4, 0.5) is 10.1 Å². The van der Waals surface area contributed by atoms with E-state index < -0.39 is 0 Å². The van der Waals surface area contributed by atoms with Crippen molar-refractivity contribution in [2.24, 2.45) is 0 Å². The molecule has 1 heterocycles. The number of piperidine rings is 1. The lowest BCUT2D eigenvalue weighted by Crippen LogP contribution is -2.44. The molecule has 5 heteroatoms. The van der Waals surface area contributed by atoms with Crippen molar-refractivity contribution < 1.29 is 14.0 Å². The van der Waals surface area contributed by atoms with E-state index >= 15 is 0 Å². The Kier molecular flexibility index (Phi) is 4.63. The number of anilines is 1. The van der Waals surface area contributed by atoms with E-state index in [1.807, 2.05) is 4.90 Å². The van der Waals surface area contributed by atoms with Crippen LogP contribution in [0, 0.1) is 5.82 Å². The van der Waals surface area contributed by atoms with Crippen molar-refractivity contribution >= 4 is 17.9 Å². The summed E-state index contributed by atoms with van der Waals surface area (Å²) >= 11 is 0. The molecule has 0 bridgehead atoms. The van der Waals surface area contributed by atoms with Gasteiger partial charge in [-0.25, -0.2) is 4.39 Å². The molecule has 1 amide bonds. The lowest BCUT2D eigenvalue weighted by atomic mass is 10.0. The molecule has 1 fully saturated rings. The number of likely N-dealkylation sites (tertiary alicyclic amines) is 1. The molecule has 4 nitrogen and oxygen atoms in total. The van der Waals surface area contributed by atoms with Crippen molar-refractivity contribution in [3.05, 3.63) is 30.1 Å². The SMILES string of the molecule is O=CC1CCCCN1CC(=O)Nc1cccc(F)c1. The van der Waals surface area contributed by atoms with Gasteiger partial charge in [0.1, 0.15) is 12.1 Å². The van der Waals surface area contributed by atoms with Gasteiger partial charge in [-0.2, -0.15) is 0 Å². The molecule has 1 N–H and O–H groups in total. The van der Waals surface area contributed by atoms with Crippen molar-refractivity contribution in [2.45, 2.75) is 25.3 Å². The highest BCUT2D eigenvalue weighted by Crippen LogP contribution is 2.15. The van der Waals surface area contributed by atoms with Gasteiger partial charge >= 0.3 is 0 Å². The summed E-state index contributed by atoms with van der Waals surface area (Å²) in [6.45, 7) is 0.917. The average Bonchev–Trinajstić information content (AvgIpc) is 2.39. The van der Waals surface area contributed by atoms with Gasteiger partial charge in [-0.1, -0.05) is 12.5 Å². The zero-order valence-electron chi connectivity index (χ0n) is 10.6. The van der Waals surface area contributed by atoms with Crippen LogP contribution in [0.3, 0.4) is 0 Å². The van der Waals surface area contributed by atoms with Crippen LogP contribution < -0.4 is 5.32 Å². The largest absolute Gasteiger partial charge is 0.325 e. The molecule has 1 aliphatic heterocycles. The van der Waals surface area contributed by atoms with Crippen LogP contribution in [-0.4, -0.2) is 36.2 Å². The standard InChI is InChI=1S/C14H17FN2O2/c15-11-4-3-5-12(8-11)16-14(19)9-17-7-2-1-6-13(17)10-18/h3-5,8,10,13H,1-2,6-7,9H2,(H,16,19). The number of amides is 1. The highest BCUT2D eigenvalue weighted by Gasteiger charge is 2.23. The fourth-order valence-electron chi connectivity index (χ4n) is 2.32. The van der Waals surface area contributed by atoms with Crippen molar-refractivity contribution in [3.63, 3.8) is 0 Å². The molecule has 1 aromatic carbocycles. The fraction of sp³-hybridized carbons (Fsp3) is 0.429. The molecule has 1 saturated heterocycles. The van der Waals surface area contributed by atoms with Crippen LogP contribution >= 0.6 is 0 Å². The van der Waals surface area contributed by atoms with Gasteiger partial charge in [0.15, 0.2) is 0 Å². The summed E-state index contributed by atoms with van der Waals surface area (Å²) in [7, 11) is 0. The minimum absolute atomic E-state index is 0.167. The van der Waals surface area contributed by atoms with Gasteiger partial charge < -0.3 is 10.1 Å². The zero-order chi connectivity index (χ0) is 13.7. The third-order valence-corrected chi connectivity index (χ3v) is 3.28. The Balaban J connectivity index is 1.91. The van der Waals surface area contributed by atoms with Crippen LogP contribution in [0.15, 0.2) is 24.3 Å². The summed E-state index contributed by atoms with van der Waals surface area (Å²) in [5, 5.41) is 2.64. The molecule has 1 aromatic rings. The molecule has 19 heavy (non-hydrogen) atoms. The molecule has 1 unspecified atom stereocenters. The number of nitrogens with one attached hydrogen (secondary N) is 1. The Morgan fingerprint density at radius 2 is 2.32 bits per heavy atom. The van der Waals surface area contributed by atoms with Crippen molar-refractivity contribution in [2.75, 3.05) is 18.4 Å². The Bertz CT molecular complexity index is 465. The molecular formula is C14H17FN2O2. The van der Waals surface area contributed by atoms with E-state index in [2.05, 4.69) is 5.32 Å². The van der Waals surface area contributed by atoms with Gasteiger partial charge in [0.25, 0.3) is 0 Å². The molecular weight excluding hydrogens is 247 g/mol. The van der Waals surface area contributed by atoms with Crippen LogP contribution in [0.5, 0.6) is 0 Å². The van der Waals surface area contributed by atoms with E-state index in [0.29, 0.717) is 5.69 Å². The topological polar surface area (TPSA) is 49.4 Å². The molecule has 0 aliphatic carbocycles. The number of rotatable bonds is 4. The van der Waals surface area contributed by atoms with Crippen LogP contribution in [0.1, 0.15) is 19.3 Å². The molecule has 0 radical (unpaired) electrons. The Morgan fingerprint density at radius 3 is 3.05 bits per heavy atom. The smallest absolute Gasteiger partial charge is 0.238 e. The molecule has 1 aliphatic rings. The summed E-state index contributed by atoms with van der Waals surface area (Å²) in [5.41, 5.74) is 0.435. The Hall–Kier alpha value is -1.75. The van der Waals surface area contributed by atoms with Gasteiger partial charge in [0.2, 0.25) is 5.91 Å². The lowest BCUT2D eigenvalue weighted by molar-refractivity contribution is -0.120. The number of carbonyl (C=O) groups excluding carboxylic acids is 2. The van der Waals surface area contributed by atoms with Crippen molar-refractivity contribution in [3.8, 4) is 0 Å². The normalized spacial score (nSPS) is 19.9. The van der Waals surface area contributed by atoms with Gasteiger partial charge in [-0.05, 0) is 37.6 Å². The number of benzene rings is 1. The molecule has 1 atom stereocenters. The van der Waals surface area contributed by atoms with Crippen molar-refractivity contribution in [1.29, 1.82) is 0 Å². The maximum absolute atomic E-state index is 13.0. The predicted octanol–water partition coefficient (Wildman–Crippen LogP) is 1.82. The van der Waals surface area contributed by atoms with E-state index in [0.717, 1.165) is 32.1 Å². The van der Waals surface area contributed by atoms with E-state index in [-0.39, 0.29) is 24.3 Å². The second kappa shape index (κ2) is 6.43. The first-order chi connectivity index (χ1) is 9.19. The second-order valence-corrected chi connectivity index (χ2v) is 4.73. The minimum atomic E-state index is -0.387. The van der Waals surface area contributed by atoms with Gasteiger partial charge in [-0.3, -0.25) is 9.69 Å². The highest BCUT2D eigenvalue weighted by molar-refractivity contribution is 5.92. The van der Waals surface area contributed by atoms with Gasteiger partial charge in [0, 0.05) is 5.69 Å². The first-order valence-corrected chi connectivity index (χ1v) is 6.44. The number of carbonyl (C=O) groups is 2. The van der Waals surface area contributed by atoms with E-state index in [4.69, 9.17) is 0 Å². The second-order valence-electron chi connectivity index (χ2n) is 4.73. The molecule has 2 rings (SSSR count). The summed E-state index contributed by atoms with van der Waals surface area (Å²) in [6.07, 6.45) is 3.72. The van der Waals surface area contributed by atoms with E-state index in [9.17, 15) is 14.0 Å². The molecule has 102 valence electrons. The summed E-state index contributed by atoms with van der Waals surface area (Å²) in [4.78, 5) is 24.7. The number of nitrogens with zero attached hydrogens (tertiary/aromatic N) is 1. The van der Waals surface area contributed by atoms with E-state index in [1.54, 1.807) is 12.1 Å². The number of halogens is 1. The number of aldehydes is 1. The number of hydrogen-bond donors (Lipinski definition) is 1. The molecule has 0 aromatic heterocycles. The summed E-state index contributed by atoms with van der Waals surface area (Å²) in [5.74, 6) is -0.610. The Morgan fingerprint density at radius 1 is 1.47 bits per heavy atom. The average molecular weight is 264 g/mol.